The molecule has 0 aliphatic rings. The summed E-state index contributed by atoms with van der Waals surface area (Å²) in [4.78, 5) is 4.15. The molecule has 1 aromatic heterocycles. The minimum absolute atomic E-state index is 0.280. The molecule has 2 rings (SSSR count). The van der Waals surface area contributed by atoms with Gasteiger partial charge in [0.15, 0.2) is 0 Å². The third kappa shape index (κ3) is 1.94. The fraction of sp³-hybridized carbons (Fsp3) is 0.273. The van der Waals surface area contributed by atoms with Crippen LogP contribution in [-0.2, 0) is 0 Å². The lowest BCUT2D eigenvalue weighted by molar-refractivity contribution is 0.362. The Morgan fingerprint density at radius 2 is 2.19 bits per heavy atom. The van der Waals surface area contributed by atoms with Crippen molar-refractivity contribution in [3.05, 3.63) is 35.5 Å². The predicted molar refractivity (Wildman–Crippen MR) is 57.0 cm³/mol. The Hall–Kier alpha value is -1.75. The van der Waals surface area contributed by atoms with Gasteiger partial charge >= 0.3 is 0 Å². The van der Waals surface area contributed by atoms with Crippen molar-refractivity contribution in [2.24, 2.45) is 5.73 Å². The van der Waals surface area contributed by atoms with Crippen LogP contribution in [0, 0.1) is 12.7 Å². The maximum absolute atomic E-state index is 12.9. The Morgan fingerprint density at radius 1 is 1.44 bits per heavy atom. The minimum atomic E-state index is -0.304. The van der Waals surface area contributed by atoms with Crippen molar-refractivity contribution in [2.75, 3.05) is 0 Å². The van der Waals surface area contributed by atoms with Crippen LogP contribution in [0.1, 0.15) is 24.4 Å². The van der Waals surface area contributed by atoms with Crippen LogP contribution in [0.25, 0.3) is 11.4 Å². The first-order valence-corrected chi connectivity index (χ1v) is 4.93. The number of benzene rings is 1. The molecule has 84 valence electrons. The lowest BCUT2D eigenvalue weighted by Crippen LogP contribution is -2.04. The number of nitrogens with two attached hydrogens (primary N) is 1. The maximum Gasteiger partial charge on any atom is 0.243 e. The van der Waals surface area contributed by atoms with E-state index in [4.69, 9.17) is 10.3 Å². The molecule has 0 saturated carbocycles. The molecule has 0 radical (unpaired) electrons. The number of halogens is 1. The average Bonchev–Trinajstić information content (AvgIpc) is 2.66. The van der Waals surface area contributed by atoms with Crippen molar-refractivity contribution in [1.29, 1.82) is 0 Å². The molecule has 0 amide bonds. The molecule has 1 atom stereocenters. The van der Waals surface area contributed by atoms with E-state index in [9.17, 15) is 4.39 Å². The Bertz CT molecular complexity index is 508. The third-order valence-electron chi connectivity index (χ3n) is 2.26. The second-order valence-electron chi connectivity index (χ2n) is 3.70. The van der Waals surface area contributed by atoms with Crippen LogP contribution < -0.4 is 5.73 Å². The first-order valence-electron chi connectivity index (χ1n) is 4.93. The minimum Gasteiger partial charge on any atom is -0.337 e. The molecule has 2 N–H and O–H groups in total. The van der Waals surface area contributed by atoms with E-state index in [0.29, 0.717) is 11.7 Å². The molecule has 1 heterocycles. The summed E-state index contributed by atoms with van der Waals surface area (Å²) < 4.78 is 17.9. The van der Waals surface area contributed by atoms with Crippen LogP contribution in [-0.4, -0.2) is 10.1 Å². The molecular weight excluding hydrogens is 209 g/mol. The number of aromatic nitrogens is 2. The first-order chi connectivity index (χ1) is 7.58. The van der Waals surface area contributed by atoms with E-state index >= 15 is 0 Å². The fourth-order valence-electron chi connectivity index (χ4n) is 1.41. The summed E-state index contributed by atoms with van der Waals surface area (Å²) >= 11 is 0. The van der Waals surface area contributed by atoms with E-state index in [-0.39, 0.29) is 11.9 Å². The Kier molecular flexibility index (Phi) is 2.70. The van der Waals surface area contributed by atoms with E-state index < -0.39 is 0 Å². The van der Waals surface area contributed by atoms with Crippen LogP contribution >= 0.6 is 0 Å². The van der Waals surface area contributed by atoms with Crippen molar-refractivity contribution >= 4 is 0 Å². The van der Waals surface area contributed by atoms with Crippen molar-refractivity contribution < 1.29 is 8.91 Å². The fourth-order valence-corrected chi connectivity index (χ4v) is 1.41. The van der Waals surface area contributed by atoms with E-state index in [1.165, 1.54) is 12.1 Å². The Labute approximate surface area is 92.3 Å². The number of hydrogen-bond donors (Lipinski definition) is 1. The molecule has 0 bridgehead atoms. The summed E-state index contributed by atoms with van der Waals surface area (Å²) in [6, 6.07) is 4.11. The molecule has 16 heavy (non-hydrogen) atoms. The summed E-state index contributed by atoms with van der Waals surface area (Å²) in [6.07, 6.45) is 0. The summed E-state index contributed by atoms with van der Waals surface area (Å²) in [5.74, 6) is 0.528. The van der Waals surface area contributed by atoms with Crippen molar-refractivity contribution in [1.82, 2.24) is 10.1 Å². The van der Waals surface area contributed by atoms with Crippen LogP contribution in [0.15, 0.2) is 22.7 Å². The smallest absolute Gasteiger partial charge is 0.243 e. The normalized spacial score (nSPS) is 12.8. The SMILES string of the molecule is Cc1cc(F)ccc1-c1noc([C@H](C)N)n1. The highest BCUT2D eigenvalue weighted by molar-refractivity contribution is 5.59. The highest BCUT2D eigenvalue weighted by atomic mass is 19.1. The third-order valence-corrected chi connectivity index (χ3v) is 2.26. The molecule has 0 fully saturated rings. The number of aryl methyl sites for hydroxylation is 1. The van der Waals surface area contributed by atoms with Gasteiger partial charge in [-0.2, -0.15) is 4.98 Å². The summed E-state index contributed by atoms with van der Waals surface area (Å²) in [6.45, 7) is 3.55. The van der Waals surface area contributed by atoms with Crippen molar-refractivity contribution in [2.45, 2.75) is 19.9 Å². The van der Waals surface area contributed by atoms with E-state index in [1.807, 2.05) is 0 Å². The Morgan fingerprint density at radius 3 is 2.75 bits per heavy atom. The van der Waals surface area contributed by atoms with Gasteiger partial charge in [-0.05, 0) is 37.6 Å². The van der Waals surface area contributed by atoms with Gasteiger partial charge in [0.25, 0.3) is 0 Å². The molecule has 5 heteroatoms. The quantitative estimate of drug-likeness (QED) is 0.844. The predicted octanol–water partition coefficient (Wildman–Crippen LogP) is 2.20. The molecule has 1 aromatic carbocycles. The van der Waals surface area contributed by atoms with Crippen LogP contribution in [0.3, 0.4) is 0 Å². The molecule has 0 unspecified atom stereocenters. The standard InChI is InChI=1S/C11H12FN3O/c1-6-5-8(12)3-4-9(6)10-14-11(7(2)13)16-15-10/h3-5,7H,13H2,1-2H3/t7-/m0/s1. The van der Waals surface area contributed by atoms with Crippen LogP contribution in [0.2, 0.25) is 0 Å². The zero-order valence-electron chi connectivity index (χ0n) is 9.07. The summed E-state index contributed by atoms with van der Waals surface area (Å²) in [5.41, 5.74) is 7.12. The number of nitrogens with zero attached hydrogens (tertiary/aromatic N) is 2. The Balaban J connectivity index is 2.42. The lowest BCUT2D eigenvalue weighted by atomic mass is 10.1. The summed E-state index contributed by atoms with van der Waals surface area (Å²) in [5, 5.41) is 3.81. The second-order valence-corrected chi connectivity index (χ2v) is 3.70. The molecule has 0 aliphatic carbocycles. The molecular formula is C11H12FN3O. The molecule has 0 aliphatic heterocycles. The van der Waals surface area contributed by atoms with E-state index in [0.717, 1.165) is 11.1 Å². The number of hydrogen-bond acceptors (Lipinski definition) is 4. The van der Waals surface area contributed by atoms with Gasteiger partial charge in [-0.25, -0.2) is 4.39 Å². The highest BCUT2D eigenvalue weighted by Gasteiger charge is 2.13. The van der Waals surface area contributed by atoms with Gasteiger partial charge in [0.2, 0.25) is 11.7 Å². The molecule has 2 aromatic rings. The maximum atomic E-state index is 12.9. The van der Waals surface area contributed by atoms with Gasteiger partial charge in [0.1, 0.15) is 5.82 Å². The second kappa shape index (κ2) is 4.02. The monoisotopic (exact) mass is 221 g/mol. The van der Waals surface area contributed by atoms with Gasteiger partial charge in [0.05, 0.1) is 6.04 Å². The van der Waals surface area contributed by atoms with Crippen molar-refractivity contribution in [3.63, 3.8) is 0 Å². The van der Waals surface area contributed by atoms with Gasteiger partial charge in [-0.1, -0.05) is 5.16 Å². The zero-order chi connectivity index (χ0) is 11.7. The zero-order valence-corrected chi connectivity index (χ0v) is 9.07. The van der Waals surface area contributed by atoms with Crippen molar-refractivity contribution in [3.8, 4) is 11.4 Å². The van der Waals surface area contributed by atoms with Gasteiger partial charge in [-0.15, -0.1) is 0 Å². The van der Waals surface area contributed by atoms with Gasteiger partial charge in [0, 0.05) is 5.56 Å². The topological polar surface area (TPSA) is 64.9 Å². The molecule has 0 spiro atoms. The molecule has 4 nitrogen and oxygen atoms in total. The number of rotatable bonds is 2. The van der Waals surface area contributed by atoms with Crippen LogP contribution in [0.5, 0.6) is 0 Å². The lowest BCUT2D eigenvalue weighted by Gasteiger charge is -1.99. The van der Waals surface area contributed by atoms with E-state index in [1.54, 1.807) is 19.9 Å². The van der Waals surface area contributed by atoms with E-state index in [2.05, 4.69) is 10.1 Å². The highest BCUT2D eigenvalue weighted by Crippen LogP contribution is 2.22. The molecule has 0 saturated heterocycles. The largest absolute Gasteiger partial charge is 0.337 e. The van der Waals surface area contributed by atoms with Crippen LogP contribution in [0.4, 0.5) is 4.39 Å². The van der Waals surface area contributed by atoms with Gasteiger partial charge in [-0.3, -0.25) is 0 Å². The first kappa shape index (κ1) is 10.8. The van der Waals surface area contributed by atoms with Gasteiger partial charge < -0.3 is 10.3 Å². The summed E-state index contributed by atoms with van der Waals surface area (Å²) in [7, 11) is 0. The average molecular weight is 221 g/mol.